The summed E-state index contributed by atoms with van der Waals surface area (Å²) >= 11 is 0. The highest BCUT2D eigenvalue weighted by Gasteiger charge is 2.26. The van der Waals surface area contributed by atoms with Crippen molar-refractivity contribution in [2.75, 3.05) is 0 Å². The molecule has 0 spiro atoms. The molecule has 3 aromatic rings. The van der Waals surface area contributed by atoms with Crippen LogP contribution < -0.4 is 0 Å². The largest absolute Gasteiger partial charge is 0.508 e. The van der Waals surface area contributed by atoms with Gasteiger partial charge in [-0.15, -0.1) is 0 Å². The minimum absolute atomic E-state index is 0.0409. The summed E-state index contributed by atoms with van der Waals surface area (Å²) in [5.74, 6) is 0.729. The lowest BCUT2D eigenvalue weighted by atomic mass is 9.76. The van der Waals surface area contributed by atoms with E-state index in [9.17, 15) is 10.2 Å². The van der Waals surface area contributed by atoms with Crippen LogP contribution in [-0.4, -0.2) is 10.2 Å². The number of aromatic hydroxyl groups is 2. The van der Waals surface area contributed by atoms with Gasteiger partial charge in [-0.3, -0.25) is 0 Å². The van der Waals surface area contributed by atoms with E-state index in [4.69, 9.17) is 0 Å². The zero-order chi connectivity index (χ0) is 20.7. The van der Waals surface area contributed by atoms with Crippen molar-refractivity contribution < 1.29 is 10.2 Å². The van der Waals surface area contributed by atoms with Crippen LogP contribution in [0.25, 0.3) is 0 Å². The molecule has 0 radical (unpaired) electrons. The van der Waals surface area contributed by atoms with Crippen molar-refractivity contribution in [2.24, 2.45) is 0 Å². The summed E-state index contributed by atoms with van der Waals surface area (Å²) in [5, 5.41) is 20.6. The van der Waals surface area contributed by atoms with Crippen LogP contribution in [0.4, 0.5) is 0 Å². The van der Waals surface area contributed by atoms with Gasteiger partial charge >= 0.3 is 0 Å². The van der Waals surface area contributed by atoms with E-state index in [0.717, 1.165) is 33.4 Å². The highest BCUT2D eigenvalue weighted by atomic mass is 16.3. The molecule has 0 fully saturated rings. The molecule has 0 bridgehead atoms. The van der Waals surface area contributed by atoms with Gasteiger partial charge < -0.3 is 10.2 Å². The Balaban J connectivity index is 2.42. The standard InChI is InChI=1S/C26H30O2/c1-14-8-10-21(11-9-14)26(24-15(2)12-22(27)17(4)19(24)6)25-16(3)13-23(28)18(5)20(25)7/h8-13,26-28H,1-7H3. The molecule has 0 aliphatic rings. The first-order valence-electron chi connectivity index (χ1n) is 9.79. The van der Waals surface area contributed by atoms with Crippen LogP contribution in [0.15, 0.2) is 36.4 Å². The summed E-state index contributed by atoms with van der Waals surface area (Å²) in [6, 6.07) is 12.4. The zero-order valence-electron chi connectivity index (χ0n) is 17.9. The molecule has 28 heavy (non-hydrogen) atoms. The normalized spacial score (nSPS) is 11.3. The fraction of sp³-hybridized carbons (Fsp3) is 0.308. The first-order valence-corrected chi connectivity index (χ1v) is 9.79. The lowest BCUT2D eigenvalue weighted by molar-refractivity contribution is 0.469. The second kappa shape index (κ2) is 7.35. The van der Waals surface area contributed by atoms with Gasteiger partial charge in [0.05, 0.1) is 0 Å². The maximum absolute atomic E-state index is 10.3. The smallest absolute Gasteiger partial charge is 0.119 e. The molecule has 3 rings (SSSR count). The molecular weight excluding hydrogens is 344 g/mol. The van der Waals surface area contributed by atoms with Crippen LogP contribution in [0.3, 0.4) is 0 Å². The summed E-state index contributed by atoms with van der Waals surface area (Å²) in [6.07, 6.45) is 0. The second-order valence-corrected chi connectivity index (χ2v) is 8.10. The summed E-state index contributed by atoms with van der Waals surface area (Å²) < 4.78 is 0. The van der Waals surface area contributed by atoms with Crippen LogP contribution in [0.2, 0.25) is 0 Å². The Morgan fingerprint density at radius 1 is 0.571 bits per heavy atom. The van der Waals surface area contributed by atoms with Gasteiger partial charge in [-0.2, -0.15) is 0 Å². The lowest BCUT2D eigenvalue weighted by Gasteiger charge is -2.28. The average molecular weight is 375 g/mol. The maximum atomic E-state index is 10.3. The SMILES string of the molecule is Cc1ccc(C(c2c(C)cc(O)c(C)c2C)c2c(C)cc(O)c(C)c2C)cc1. The molecule has 0 aliphatic heterocycles. The summed E-state index contributed by atoms with van der Waals surface area (Å²) in [4.78, 5) is 0. The molecule has 3 aromatic carbocycles. The molecule has 2 N–H and O–H groups in total. The van der Waals surface area contributed by atoms with E-state index in [1.165, 1.54) is 22.3 Å². The molecule has 146 valence electrons. The van der Waals surface area contributed by atoms with Crippen molar-refractivity contribution in [3.63, 3.8) is 0 Å². The van der Waals surface area contributed by atoms with Gasteiger partial charge in [0.15, 0.2) is 0 Å². The van der Waals surface area contributed by atoms with E-state index in [1.807, 2.05) is 26.0 Å². The lowest BCUT2D eigenvalue weighted by Crippen LogP contribution is -2.12. The van der Waals surface area contributed by atoms with E-state index in [0.29, 0.717) is 11.5 Å². The highest BCUT2D eigenvalue weighted by Crippen LogP contribution is 2.43. The third kappa shape index (κ3) is 3.28. The van der Waals surface area contributed by atoms with E-state index in [1.54, 1.807) is 0 Å². The Bertz CT molecular complexity index is 980. The minimum atomic E-state index is 0.0409. The van der Waals surface area contributed by atoms with Gasteiger partial charge in [-0.25, -0.2) is 0 Å². The molecule has 0 aromatic heterocycles. The van der Waals surface area contributed by atoms with Crippen molar-refractivity contribution >= 4 is 0 Å². The predicted octanol–water partition coefficient (Wildman–Crippen LogP) is 6.44. The van der Waals surface area contributed by atoms with Gasteiger partial charge in [0.1, 0.15) is 11.5 Å². The Morgan fingerprint density at radius 3 is 1.36 bits per heavy atom. The molecule has 0 unspecified atom stereocenters. The third-order valence-corrected chi connectivity index (χ3v) is 6.25. The van der Waals surface area contributed by atoms with E-state index in [-0.39, 0.29) is 5.92 Å². The number of hydrogen-bond donors (Lipinski definition) is 2. The van der Waals surface area contributed by atoms with Crippen LogP contribution in [0.1, 0.15) is 61.6 Å². The predicted molar refractivity (Wildman–Crippen MR) is 117 cm³/mol. The fourth-order valence-electron chi connectivity index (χ4n) is 4.29. The monoisotopic (exact) mass is 374 g/mol. The molecular formula is C26H30O2. The molecule has 0 heterocycles. The fourth-order valence-corrected chi connectivity index (χ4v) is 4.29. The van der Waals surface area contributed by atoms with Crippen LogP contribution in [0, 0.1) is 48.5 Å². The van der Waals surface area contributed by atoms with E-state index < -0.39 is 0 Å². The number of aryl methyl sites for hydroxylation is 3. The van der Waals surface area contributed by atoms with Crippen LogP contribution in [-0.2, 0) is 0 Å². The van der Waals surface area contributed by atoms with Crippen molar-refractivity contribution in [1.82, 2.24) is 0 Å². The molecule has 2 heteroatoms. The van der Waals surface area contributed by atoms with Gasteiger partial charge in [-0.1, -0.05) is 29.8 Å². The number of phenolic OH excluding ortho intramolecular Hbond substituents is 2. The number of hydrogen-bond acceptors (Lipinski definition) is 2. The van der Waals surface area contributed by atoms with Crippen molar-refractivity contribution in [3.8, 4) is 11.5 Å². The second-order valence-electron chi connectivity index (χ2n) is 8.10. The molecule has 2 nitrogen and oxygen atoms in total. The average Bonchev–Trinajstić information content (AvgIpc) is 2.64. The third-order valence-electron chi connectivity index (χ3n) is 6.25. The van der Waals surface area contributed by atoms with E-state index >= 15 is 0 Å². The highest BCUT2D eigenvalue weighted by molar-refractivity contribution is 5.60. The number of benzene rings is 3. The number of phenols is 2. The number of rotatable bonds is 3. The zero-order valence-corrected chi connectivity index (χ0v) is 17.9. The van der Waals surface area contributed by atoms with Crippen LogP contribution >= 0.6 is 0 Å². The van der Waals surface area contributed by atoms with Crippen LogP contribution in [0.5, 0.6) is 11.5 Å². The van der Waals surface area contributed by atoms with Gasteiger partial charge in [-0.05, 0) is 111 Å². The maximum Gasteiger partial charge on any atom is 0.119 e. The first-order chi connectivity index (χ1) is 13.1. The van der Waals surface area contributed by atoms with Crippen molar-refractivity contribution in [2.45, 2.75) is 54.4 Å². The summed E-state index contributed by atoms with van der Waals surface area (Å²) in [6.45, 7) is 14.4. The topological polar surface area (TPSA) is 40.5 Å². The Kier molecular flexibility index (Phi) is 5.25. The van der Waals surface area contributed by atoms with Crippen molar-refractivity contribution in [3.05, 3.63) is 92.0 Å². The molecule has 0 saturated carbocycles. The molecule has 0 atom stereocenters. The first kappa shape index (κ1) is 20.0. The quantitative estimate of drug-likeness (QED) is 0.518. The van der Waals surface area contributed by atoms with Gasteiger partial charge in [0.25, 0.3) is 0 Å². The summed E-state index contributed by atoms with van der Waals surface area (Å²) in [7, 11) is 0. The Labute approximate surface area is 168 Å². The molecule has 0 amide bonds. The summed E-state index contributed by atoms with van der Waals surface area (Å²) in [5.41, 5.74) is 11.1. The Morgan fingerprint density at radius 2 is 0.964 bits per heavy atom. The van der Waals surface area contributed by atoms with Crippen molar-refractivity contribution in [1.29, 1.82) is 0 Å². The van der Waals surface area contributed by atoms with Gasteiger partial charge in [0, 0.05) is 5.92 Å². The minimum Gasteiger partial charge on any atom is -0.508 e. The van der Waals surface area contributed by atoms with E-state index in [2.05, 4.69) is 58.9 Å². The Hall–Kier alpha value is -2.74. The molecule has 0 saturated heterocycles. The van der Waals surface area contributed by atoms with Gasteiger partial charge in [0.2, 0.25) is 0 Å². The molecule has 0 aliphatic carbocycles.